The van der Waals surface area contributed by atoms with Crippen LogP contribution in [-0.2, 0) is 4.79 Å². The van der Waals surface area contributed by atoms with Gasteiger partial charge in [0.2, 0.25) is 5.91 Å². The molecular weight excluding hydrogens is 428 g/mol. The first-order chi connectivity index (χ1) is 15.5. The van der Waals surface area contributed by atoms with Crippen LogP contribution in [0.4, 0.5) is 5.69 Å². The van der Waals surface area contributed by atoms with Crippen molar-refractivity contribution in [2.45, 2.75) is 0 Å². The minimum absolute atomic E-state index is 0.0248. The first-order valence-electron chi connectivity index (χ1n) is 10.4. The van der Waals surface area contributed by atoms with Gasteiger partial charge in [0.15, 0.2) is 0 Å². The second-order valence-electron chi connectivity index (χ2n) is 7.51. The van der Waals surface area contributed by atoms with Crippen molar-refractivity contribution in [1.82, 2.24) is 15.2 Å². The molecular formula is C24H23ClN4O3. The van der Waals surface area contributed by atoms with Crippen LogP contribution in [0, 0.1) is 0 Å². The highest BCUT2D eigenvalue weighted by molar-refractivity contribution is 6.30. The van der Waals surface area contributed by atoms with Crippen molar-refractivity contribution in [1.29, 1.82) is 0 Å². The Morgan fingerprint density at radius 1 is 0.938 bits per heavy atom. The van der Waals surface area contributed by atoms with Gasteiger partial charge in [-0.1, -0.05) is 48.0 Å². The summed E-state index contributed by atoms with van der Waals surface area (Å²) >= 11 is 6.06. The van der Waals surface area contributed by atoms with Gasteiger partial charge in [0.1, 0.15) is 5.56 Å². The Balaban J connectivity index is 1.31. The van der Waals surface area contributed by atoms with Gasteiger partial charge >= 0.3 is 0 Å². The number of anilines is 1. The molecule has 2 amide bonds. The van der Waals surface area contributed by atoms with E-state index >= 15 is 0 Å². The van der Waals surface area contributed by atoms with E-state index in [2.05, 4.69) is 15.2 Å². The predicted molar refractivity (Wildman–Crippen MR) is 125 cm³/mol. The van der Waals surface area contributed by atoms with Crippen LogP contribution < -0.4 is 15.8 Å². The van der Waals surface area contributed by atoms with Crippen LogP contribution in [0.25, 0.3) is 11.3 Å². The number of amides is 2. The van der Waals surface area contributed by atoms with Crippen LogP contribution in [0.3, 0.4) is 0 Å². The maximum absolute atomic E-state index is 12.5. The van der Waals surface area contributed by atoms with Gasteiger partial charge in [0, 0.05) is 42.6 Å². The topological polar surface area (TPSA) is 85.5 Å². The number of pyridine rings is 1. The van der Waals surface area contributed by atoms with Gasteiger partial charge in [-0.25, -0.2) is 0 Å². The second kappa shape index (κ2) is 9.70. The van der Waals surface area contributed by atoms with Crippen molar-refractivity contribution in [2.24, 2.45) is 0 Å². The third-order valence-corrected chi connectivity index (χ3v) is 5.68. The Hall–Kier alpha value is -3.58. The molecule has 8 heteroatoms. The van der Waals surface area contributed by atoms with Crippen LogP contribution in [0.1, 0.15) is 10.4 Å². The molecule has 2 heterocycles. The number of halogens is 1. The molecule has 0 spiro atoms. The SMILES string of the molecule is O=C(NCC(=O)N1CCN(c2cccc(Cl)c2)CC1)c1ccc(-c2ccccc2)[nH]c1=O. The number of benzene rings is 2. The lowest BCUT2D eigenvalue weighted by Crippen LogP contribution is -2.51. The molecule has 0 aliphatic carbocycles. The molecule has 1 fully saturated rings. The number of piperazine rings is 1. The highest BCUT2D eigenvalue weighted by atomic mass is 35.5. The summed E-state index contributed by atoms with van der Waals surface area (Å²) in [6, 6.07) is 20.1. The fraction of sp³-hybridized carbons (Fsp3) is 0.208. The molecule has 0 radical (unpaired) electrons. The van der Waals surface area contributed by atoms with Crippen LogP contribution in [-0.4, -0.2) is 54.4 Å². The van der Waals surface area contributed by atoms with Gasteiger partial charge in [-0.3, -0.25) is 14.4 Å². The molecule has 7 nitrogen and oxygen atoms in total. The number of rotatable bonds is 5. The highest BCUT2D eigenvalue weighted by Gasteiger charge is 2.22. The van der Waals surface area contributed by atoms with E-state index in [1.807, 2.05) is 54.6 Å². The number of carbonyl (C=O) groups excluding carboxylic acids is 2. The number of hydrogen-bond acceptors (Lipinski definition) is 4. The van der Waals surface area contributed by atoms with E-state index < -0.39 is 11.5 Å². The van der Waals surface area contributed by atoms with E-state index in [9.17, 15) is 14.4 Å². The third kappa shape index (κ3) is 5.00. The molecule has 1 saturated heterocycles. The Labute approximate surface area is 190 Å². The van der Waals surface area contributed by atoms with Gasteiger partial charge in [-0.05, 0) is 35.9 Å². The smallest absolute Gasteiger partial charge is 0.261 e. The summed E-state index contributed by atoms with van der Waals surface area (Å²) in [4.78, 5) is 44.0. The largest absolute Gasteiger partial charge is 0.368 e. The zero-order valence-electron chi connectivity index (χ0n) is 17.4. The summed E-state index contributed by atoms with van der Waals surface area (Å²) in [5, 5.41) is 3.24. The molecule has 0 unspecified atom stereocenters. The fourth-order valence-corrected chi connectivity index (χ4v) is 3.87. The van der Waals surface area contributed by atoms with Crippen molar-refractivity contribution in [3.63, 3.8) is 0 Å². The maximum atomic E-state index is 12.5. The molecule has 1 aliphatic heterocycles. The molecule has 2 N–H and O–H groups in total. The average Bonchev–Trinajstić information content (AvgIpc) is 2.83. The second-order valence-corrected chi connectivity index (χ2v) is 7.95. The first-order valence-corrected chi connectivity index (χ1v) is 10.7. The minimum atomic E-state index is -0.572. The van der Waals surface area contributed by atoms with E-state index in [0.29, 0.717) is 36.9 Å². The van der Waals surface area contributed by atoms with E-state index in [-0.39, 0.29) is 18.0 Å². The summed E-state index contributed by atoms with van der Waals surface area (Å²) in [7, 11) is 0. The number of carbonyl (C=O) groups is 2. The molecule has 0 saturated carbocycles. The molecule has 2 aromatic carbocycles. The van der Waals surface area contributed by atoms with Crippen molar-refractivity contribution in [2.75, 3.05) is 37.6 Å². The highest BCUT2D eigenvalue weighted by Crippen LogP contribution is 2.20. The van der Waals surface area contributed by atoms with Gasteiger partial charge < -0.3 is 20.1 Å². The van der Waals surface area contributed by atoms with Crippen molar-refractivity contribution in [3.05, 3.63) is 87.7 Å². The molecule has 164 valence electrons. The molecule has 0 bridgehead atoms. The lowest BCUT2D eigenvalue weighted by molar-refractivity contribution is -0.130. The number of H-pyrrole nitrogens is 1. The Bertz CT molecular complexity index is 1170. The Morgan fingerprint density at radius 2 is 1.69 bits per heavy atom. The number of nitrogens with one attached hydrogen (secondary N) is 2. The van der Waals surface area contributed by atoms with E-state index in [1.54, 1.807) is 11.0 Å². The zero-order chi connectivity index (χ0) is 22.5. The van der Waals surface area contributed by atoms with Gasteiger partial charge in [0.25, 0.3) is 11.5 Å². The minimum Gasteiger partial charge on any atom is -0.368 e. The van der Waals surface area contributed by atoms with E-state index in [1.165, 1.54) is 6.07 Å². The van der Waals surface area contributed by atoms with Crippen molar-refractivity contribution in [3.8, 4) is 11.3 Å². The van der Waals surface area contributed by atoms with Crippen molar-refractivity contribution >= 4 is 29.1 Å². The van der Waals surface area contributed by atoms with Crippen molar-refractivity contribution < 1.29 is 9.59 Å². The zero-order valence-corrected chi connectivity index (χ0v) is 18.1. The molecule has 32 heavy (non-hydrogen) atoms. The fourth-order valence-electron chi connectivity index (χ4n) is 3.69. The van der Waals surface area contributed by atoms with E-state index in [4.69, 9.17) is 11.6 Å². The first kappa shape index (κ1) is 21.6. The lowest BCUT2D eigenvalue weighted by atomic mass is 10.1. The van der Waals surface area contributed by atoms with Gasteiger partial charge in [-0.2, -0.15) is 0 Å². The Morgan fingerprint density at radius 3 is 2.38 bits per heavy atom. The van der Waals surface area contributed by atoms with Crippen LogP contribution in [0.15, 0.2) is 71.5 Å². The van der Waals surface area contributed by atoms with Crippen LogP contribution in [0.2, 0.25) is 5.02 Å². The monoisotopic (exact) mass is 450 g/mol. The lowest BCUT2D eigenvalue weighted by Gasteiger charge is -2.36. The standard InChI is InChI=1S/C24H23ClN4O3/c25-18-7-4-8-19(15-18)28-11-13-29(14-12-28)22(30)16-26-23(31)20-9-10-21(27-24(20)32)17-5-2-1-3-6-17/h1-10,15H,11-14,16H2,(H,26,31)(H,27,32). The summed E-state index contributed by atoms with van der Waals surface area (Å²) in [5.41, 5.74) is 1.98. The van der Waals surface area contributed by atoms with Gasteiger partial charge in [-0.15, -0.1) is 0 Å². The van der Waals surface area contributed by atoms with Gasteiger partial charge in [0.05, 0.1) is 6.54 Å². The number of aromatic amines is 1. The molecule has 1 aromatic heterocycles. The number of nitrogens with zero attached hydrogens (tertiary/aromatic N) is 2. The number of aromatic nitrogens is 1. The summed E-state index contributed by atoms with van der Waals surface area (Å²) < 4.78 is 0. The molecule has 0 atom stereocenters. The molecule has 3 aromatic rings. The van der Waals surface area contributed by atoms with Crippen LogP contribution in [0.5, 0.6) is 0 Å². The van der Waals surface area contributed by atoms with E-state index in [0.717, 1.165) is 11.3 Å². The Kier molecular flexibility index (Phi) is 6.56. The summed E-state index contributed by atoms with van der Waals surface area (Å²) in [6.07, 6.45) is 0. The average molecular weight is 451 g/mol. The van der Waals surface area contributed by atoms with Crippen LogP contribution >= 0.6 is 11.6 Å². The third-order valence-electron chi connectivity index (χ3n) is 5.44. The quantitative estimate of drug-likeness (QED) is 0.626. The normalized spacial score (nSPS) is 13.7. The summed E-state index contributed by atoms with van der Waals surface area (Å²) in [6.45, 7) is 2.30. The predicted octanol–water partition coefficient (Wildman–Crippen LogP) is 2.77. The molecule has 4 rings (SSSR count). The maximum Gasteiger partial charge on any atom is 0.261 e. The number of hydrogen-bond donors (Lipinski definition) is 2. The molecule has 1 aliphatic rings. The summed E-state index contributed by atoms with van der Waals surface area (Å²) in [5.74, 6) is -0.752.